The van der Waals surface area contributed by atoms with Crippen LogP contribution >= 0.6 is 0 Å². The topological polar surface area (TPSA) is 24.4 Å². The Morgan fingerprint density at radius 3 is 2.94 bits per heavy atom. The molecule has 1 aromatic carbocycles. The molecule has 0 radical (unpaired) electrons. The first-order valence-electron chi connectivity index (χ1n) is 6.69. The predicted octanol–water partition coefficient (Wildman–Crippen LogP) is 2.18. The number of nitrogens with one attached hydrogen (secondary N) is 1. The third-order valence-electron chi connectivity index (χ3n) is 4.97. The van der Waals surface area contributed by atoms with Gasteiger partial charge in [-0.2, -0.15) is 0 Å². The summed E-state index contributed by atoms with van der Waals surface area (Å²) in [7, 11) is 0. The molecule has 1 fully saturated rings. The van der Waals surface area contributed by atoms with E-state index < -0.39 is 0 Å². The van der Waals surface area contributed by atoms with Crippen LogP contribution in [0.2, 0.25) is 0 Å². The van der Waals surface area contributed by atoms with Gasteiger partial charge in [0.15, 0.2) is 0 Å². The highest BCUT2D eigenvalue weighted by Crippen LogP contribution is 2.61. The van der Waals surface area contributed by atoms with Gasteiger partial charge in [-0.05, 0) is 48.1 Å². The molecule has 88 valence electrons. The van der Waals surface area contributed by atoms with Crippen molar-refractivity contribution < 1.29 is 0 Å². The van der Waals surface area contributed by atoms with E-state index in [9.17, 15) is 0 Å². The number of aryl methyl sites for hydroxylation is 1. The van der Waals surface area contributed by atoms with E-state index in [0.29, 0.717) is 11.5 Å². The van der Waals surface area contributed by atoms with E-state index in [2.05, 4.69) is 34.6 Å². The molecule has 0 saturated heterocycles. The Bertz CT molecular complexity index is 472. The number of aliphatic imine (C=N–C) groups is 1. The number of benzene rings is 1. The van der Waals surface area contributed by atoms with Crippen molar-refractivity contribution in [3.63, 3.8) is 0 Å². The van der Waals surface area contributed by atoms with Gasteiger partial charge in [0, 0.05) is 6.04 Å². The zero-order valence-corrected chi connectivity index (χ0v) is 10.0. The molecule has 1 spiro atoms. The van der Waals surface area contributed by atoms with Gasteiger partial charge < -0.3 is 5.32 Å². The molecule has 2 heteroatoms. The number of rotatable bonds is 1. The third kappa shape index (κ3) is 1.43. The van der Waals surface area contributed by atoms with Crippen LogP contribution in [0, 0.1) is 11.3 Å². The average molecular weight is 226 g/mol. The van der Waals surface area contributed by atoms with Crippen molar-refractivity contribution in [2.24, 2.45) is 16.3 Å². The molecule has 3 aliphatic rings. The summed E-state index contributed by atoms with van der Waals surface area (Å²) in [5.41, 5.74) is 3.79. The first-order valence-corrected chi connectivity index (χ1v) is 6.69. The van der Waals surface area contributed by atoms with Crippen LogP contribution < -0.4 is 5.32 Å². The maximum Gasteiger partial charge on any atom is 0.0827 e. The Morgan fingerprint density at radius 2 is 2.12 bits per heavy atom. The molecular weight excluding hydrogens is 208 g/mol. The molecule has 1 unspecified atom stereocenters. The number of hydrogen-bond acceptors (Lipinski definition) is 2. The highest BCUT2D eigenvalue weighted by atomic mass is 15.1. The zero-order valence-electron chi connectivity index (χ0n) is 10.0. The van der Waals surface area contributed by atoms with Crippen LogP contribution in [0.1, 0.15) is 24.0 Å². The SMILES string of the molecule is C1=NC[C@H](C2C[C@@]23CCc2ccccc2C3)N1. The molecule has 17 heavy (non-hydrogen) atoms. The van der Waals surface area contributed by atoms with Crippen molar-refractivity contribution in [3.05, 3.63) is 35.4 Å². The van der Waals surface area contributed by atoms with Gasteiger partial charge in [-0.1, -0.05) is 24.3 Å². The maximum atomic E-state index is 4.31. The summed E-state index contributed by atoms with van der Waals surface area (Å²) in [6.07, 6.45) is 7.26. The quantitative estimate of drug-likeness (QED) is 0.780. The summed E-state index contributed by atoms with van der Waals surface area (Å²) in [6.45, 7) is 0.994. The molecule has 1 aliphatic heterocycles. The van der Waals surface area contributed by atoms with Crippen molar-refractivity contribution >= 4 is 6.34 Å². The maximum absolute atomic E-state index is 4.31. The van der Waals surface area contributed by atoms with Crippen LogP contribution in [0.5, 0.6) is 0 Å². The fourth-order valence-corrected chi connectivity index (χ4v) is 3.87. The molecule has 0 amide bonds. The Labute approximate surface area is 102 Å². The van der Waals surface area contributed by atoms with E-state index in [1.807, 2.05) is 6.34 Å². The lowest BCUT2D eigenvalue weighted by Gasteiger charge is -2.27. The molecule has 1 saturated carbocycles. The molecule has 1 heterocycles. The van der Waals surface area contributed by atoms with Crippen LogP contribution in [-0.2, 0) is 12.8 Å². The fourth-order valence-electron chi connectivity index (χ4n) is 3.87. The predicted molar refractivity (Wildman–Crippen MR) is 69.3 cm³/mol. The van der Waals surface area contributed by atoms with E-state index in [4.69, 9.17) is 0 Å². The van der Waals surface area contributed by atoms with Crippen LogP contribution in [0.4, 0.5) is 0 Å². The minimum absolute atomic E-state index is 0.611. The molecule has 3 atom stereocenters. The molecular formula is C15H18N2. The van der Waals surface area contributed by atoms with Gasteiger partial charge >= 0.3 is 0 Å². The van der Waals surface area contributed by atoms with Crippen molar-refractivity contribution in [1.82, 2.24) is 5.32 Å². The van der Waals surface area contributed by atoms with Gasteiger partial charge in [0.1, 0.15) is 0 Å². The van der Waals surface area contributed by atoms with Crippen molar-refractivity contribution in [2.75, 3.05) is 6.54 Å². The first-order chi connectivity index (χ1) is 8.37. The van der Waals surface area contributed by atoms with Crippen LogP contribution in [-0.4, -0.2) is 18.9 Å². The largest absolute Gasteiger partial charge is 0.372 e. The van der Waals surface area contributed by atoms with E-state index in [1.165, 1.54) is 25.7 Å². The average Bonchev–Trinajstić information content (AvgIpc) is 2.83. The molecule has 0 aromatic heterocycles. The second-order valence-corrected chi connectivity index (χ2v) is 5.89. The lowest BCUT2D eigenvalue weighted by atomic mass is 9.79. The van der Waals surface area contributed by atoms with E-state index in [1.54, 1.807) is 11.1 Å². The van der Waals surface area contributed by atoms with Crippen LogP contribution in [0.25, 0.3) is 0 Å². The molecule has 1 aromatic rings. The van der Waals surface area contributed by atoms with E-state index >= 15 is 0 Å². The second kappa shape index (κ2) is 3.34. The van der Waals surface area contributed by atoms with Crippen molar-refractivity contribution in [3.8, 4) is 0 Å². The summed E-state index contributed by atoms with van der Waals surface area (Å²) in [5, 5.41) is 3.42. The first kappa shape index (κ1) is 9.69. The minimum Gasteiger partial charge on any atom is -0.372 e. The summed E-state index contributed by atoms with van der Waals surface area (Å²) in [5.74, 6) is 0.860. The third-order valence-corrected chi connectivity index (χ3v) is 4.97. The summed E-state index contributed by atoms with van der Waals surface area (Å²) in [6, 6.07) is 9.61. The van der Waals surface area contributed by atoms with E-state index in [0.717, 1.165) is 12.5 Å². The van der Waals surface area contributed by atoms with Gasteiger partial charge in [0.25, 0.3) is 0 Å². The molecule has 2 aliphatic carbocycles. The summed E-state index contributed by atoms with van der Waals surface area (Å²) in [4.78, 5) is 4.31. The normalized spacial score (nSPS) is 37.9. The fraction of sp³-hybridized carbons (Fsp3) is 0.533. The molecule has 4 rings (SSSR count). The van der Waals surface area contributed by atoms with Crippen LogP contribution in [0.15, 0.2) is 29.3 Å². The molecule has 2 nitrogen and oxygen atoms in total. The van der Waals surface area contributed by atoms with Gasteiger partial charge in [0.05, 0.1) is 12.9 Å². The van der Waals surface area contributed by atoms with Crippen molar-refractivity contribution in [2.45, 2.75) is 31.7 Å². The Kier molecular flexibility index (Phi) is 1.91. The van der Waals surface area contributed by atoms with Gasteiger partial charge in [-0.25, -0.2) is 0 Å². The second-order valence-electron chi connectivity index (χ2n) is 5.89. The molecule has 0 bridgehead atoms. The summed E-state index contributed by atoms with van der Waals surface area (Å²) >= 11 is 0. The van der Waals surface area contributed by atoms with Crippen molar-refractivity contribution in [1.29, 1.82) is 0 Å². The standard InChI is InChI=1S/C15H18N2/c1-2-4-12-7-15(6-5-11(12)3-1)8-13(15)14-9-16-10-17-14/h1-4,10,13-14H,5-9H2,(H,16,17)/t13?,14-,15+/m1/s1. The van der Waals surface area contributed by atoms with Gasteiger partial charge in [-0.3, -0.25) is 4.99 Å². The Balaban J connectivity index is 1.55. The van der Waals surface area contributed by atoms with Gasteiger partial charge in [0.2, 0.25) is 0 Å². The highest BCUT2D eigenvalue weighted by molar-refractivity contribution is 5.57. The lowest BCUT2D eigenvalue weighted by Crippen LogP contribution is -2.31. The Morgan fingerprint density at radius 1 is 1.24 bits per heavy atom. The number of fused-ring (bicyclic) bond motifs is 1. The smallest absolute Gasteiger partial charge is 0.0827 e. The lowest BCUT2D eigenvalue weighted by molar-refractivity contribution is 0.362. The Hall–Kier alpha value is -1.31. The van der Waals surface area contributed by atoms with Gasteiger partial charge in [-0.15, -0.1) is 0 Å². The highest BCUT2D eigenvalue weighted by Gasteiger charge is 2.57. The summed E-state index contributed by atoms with van der Waals surface area (Å²) < 4.78 is 0. The van der Waals surface area contributed by atoms with Crippen LogP contribution in [0.3, 0.4) is 0 Å². The molecule has 1 N–H and O–H groups in total. The van der Waals surface area contributed by atoms with E-state index in [-0.39, 0.29) is 0 Å². The minimum atomic E-state index is 0.611. The number of nitrogens with zero attached hydrogens (tertiary/aromatic N) is 1. The zero-order chi connectivity index (χ0) is 11.3. The number of hydrogen-bond donors (Lipinski definition) is 1. The monoisotopic (exact) mass is 226 g/mol.